The Balaban J connectivity index is 1.38. The predicted molar refractivity (Wildman–Crippen MR) is 109 cm³/mol. The molecule has 0 unspecified atom stereocenters. The molecule has 1 aliphatic heterocycles. The third-order valence-corrected chi connectivity index (χ3v) is 4.75. The second-order valence-electron chi connectivity index (χ2n) is 6.91. The molecule has 0 aliphatic carbocycles. The number of nitrogens with one attached hydrogen (secondary N) is 2. The number of hydrogen-bond acceptors (Lipinski definition) is 3. The summed E-state index contributed by atoms with van der Waals surface area (Å²) in [6.45, 7) is 2.55. The highest BCUT2D eigenvalue weighted by atomic mass is 16.2. The van der Waals surface area contributed by atoms with Crippen LogP contribution in [-0.2, 0) is 16.0 Å². The first-order valence-electron chi connectivity index (χ1n) is 9.66. The summed E-state index contributed by atoms with van der Waals surface area (Å²) in [5.74, 6) is -0.166. The predicted octanol–water partition coefficient (Wildman–Crippen LogP) is 3.36. The minimum Gasteiger partial charge on any atom is -0.372 e. The van der Waals surface area contributed by atoms with Crippen molar-refractivity contribution in [1.82, 2.24) is 5.32 Å². The van der Waals surface area contributed by atoms with Crippen molar-refractivity contribution in [3.63, 3.8) is 0 Å². The monoisotopic (exact) mass is 365 g/mol. The number of carbonyl (C=O) groups is 2. The SMILES string of the molecule is O=C(Cc1ccccc1)NCCC(=O)Nc1ccc(N2CCCCC2)cc1. The van der Waals surface area contributed by atoms with Crippen LogP contribution < -0.4 is 15.5 Å². The van der Waals surface area contributed by atoms with E-state index in [1.807, 2.05) is 42.5 Å². The average Bonchev–Trinajstić information content (AvgIpc) is 2.70. The molecule has 0 bridgehead atoms. The Bertz CT molecular complexity index is 738. The van der Waals surface area contributed by atoms with E-state index >= 15 is 0 Å². The first kappa shape index (κ1) is 19.0. The van der Waals surface area contributed by atoms with Gasteiger partial charge in [0.2, 0.25) is 11.8 Å². The molecule has 0 radical (unpaired) electrons. The standard InChI is InChI=1S/C22H27N3O2/c26-21(13-14-23-22(27)17-18-7-3-1-4-8-18)24-19-9-11-20(12-10-19)25-15-5-2-6-16-25/h1,3-4,7-12H,2,5-6,13-17H2,(H,23,27)(H,24,26). The lowest BCUT2D eigenvalue weighted by atomic mass is 10.1. The molecule has 2 aromatic rings. The summed E-state index contributed by atoms with van der Waals surface area (Å²) < 4.78 is 0. The first-order valence-corrected chi connectivity index (χ1v) is 9.66. The van der Waals surface area contributed by atoms with Crippen LogP contribution in [-0.4, -0.2) is 31.4 Å². The molecular formula is C22H27N3O2. The molecular weight excluding hydrogens is 338 g/mol. The van der Waals surface area contributed by atoms with Crippen LogP contribution in [0.5, 0.6) is 0 Å². The number of nitrogens with zero attached hydrogens (tertiary/aromatic N) is 1. The molecule has 5 heteroatoms. The van der Waals surface area contributed by atoms with Crippen molar-refractivity contribution in [2.45, 2.75) is 32.1 Å². The number of anilines is 2. The van der Waals surface area contributed by atoms with Gasteiger partial charge in [-0.25, -0.2) is 0 Å². The number of hydrogen-bond donors (Lipinski definition) is 2. The van der Waals surface area contributed by atoms with Gasteiger partial charge < -0.3 is 15.5 Å². The summed E-state index contributed by atoms with van der Waals surface area (Å²) in [5, 5.41) is 5.68. The molecule has 27 heavy (non-hydrogen) atoms. The smallest absolute Gasteiger partial charge is 0.226 e. The van der Waals surface area contributed by atoms with E-state index in [4.69, 9.17) is 0 Å². The van der Waals surface area contributed by atoms with E-state index in [-0.39, 0.29) is 18.2 Å². The summed E-state index contributed by atoms with van der Waals surface area (Å²) in [6, 6.07) is 17.6. The zero-order valence-electron chi connectivity index (χ0n) is 15.6. The van der Waals surface area contributed by atoms with Crippen molar-refractivity contribution in [2.75, 3.05) is 29.9 Å². The van der Waals surface area contributed by atoms with Gasteiger partial charge in [0, 0.05) is 37.4 Å². The van der Waals surface area contributed by atoms with E-state index in [2.05, 4.69) is 27.7 Å². The summed E-state index contributed by atoms with van der Waals surface area (Å²) in [6.07, 6.45) is 4.39. The molecule has 0 spiro atoms. The molecule has 3 rings (SSSR count). The van der Waals surface area contributed by atoms with Crippen molar-refractivity contribution in [3.05, 3.63) is 60.2 Å². The molecule has 1 fully saturated rings. The van der Waals surface area contributed by atoms with E-state index in [9.17, 15) is 9.59 Å². The van der Waals surface area contributed by atoms with Crippen LogP contribution in [0.2, 0.25) is 0 Å². The molecule has 0 saturated carbocycles. The Morgan fingerprint density at radius 2 is 1.56 bits per heavy atom. The second-order valence-corrected chi connectivity index (χ2v) is 6.91. The largest absolute Gasteiger partial charge is 0.372 e. The van der Waals surface area contributed by atoms with Gasteiger partial charge in [-0.05, 0) is 49.1 Å². The fourth-order valence-corrected chi connectivity index (χ4v) is 3.29. The van der Waals surface area contributed by atoms with E-state index in [1.165, 1.54) is 24.9 Å². The average molecular weight is 365 g/mol. The fourth-order valence-electron chi connectivity index (χ4n) is 3.29. The maximum absolute atomic E-state index is 12.1. The van der Waals surface area contributed by atoms with Gasteiger partial charge in [-0.2, -0.15) is 0 Å². The zero-order chi connectivity index (χ0) is 18.9. The minimum absolute atomic E-state index is 0.0696. The zero-order valence-corrected chi connectivity index (χ0v) is 15.6. The van der Waals surface area contributed by atoms with Crippen LogP contribution in [0.15, 0.2) is 54.6 Å². The van der Waals surface area contributed by atoms with Gasteiger partial charge in [0.25, 0.3) is 0 Å². The van der Waals surface area contributed by atoms with Gasteiger partial charge in [0.05, 0.1) is 6.42 Å². The Labute approximate surface area is 160 Å². The van der Waals surface area contributed by atoms with Crippen molar-refractivity contribution in [2.24, 2.45) is 0 Å². The van der Waals surface area contributed by atoms with Crippen molar-refractivity contribution >= 4 is 23.2 Å². The number of amides is 2. The summed E-state index contributed by atoms with van der Waals surface area (Å²) >= 11 is 0. The van der Waals surface area contributed by atoms with Gasteiger partial charge in [-0.1, -0.05) is 30.3 Å². The molecule has 2 aromatic carbocycles. The Hall–Kier alpha value is -2.82. The van der Waals surface area contributed by atoms with E-state index in [0.29, 0.717) is 13.0 Å². The molecule has 142 valence electrons. The quantitative estimate of drug-likeness (QED) is 0.791. The number of benzene rings is 2. The molecule has 1 saturated heterocycles. The third-order valence-electron chi connectivity index (χ3n) is 4.75. The Morgan fingerprint density at radius 3 is 2.26 bits per heavy atom. The van der Waals surface area contributed by atoms with Gasteiger partial charge in [-0.15, -0.1) is 0 Å². The lowest BCUT2D eigenvalue weighted by Gasteiger charge is -2.28. The van der Waals surface area contributed by atoms with Gasteiger partial charge in [0.15, 0.2) is 0 Å². The van der Waals surface area contributed by atoms with E-state index in [1.54, 1.807) is 0 Å². The highest BCUT2D eigenvalue weighted by Gasteiger charge is 2.11. The molecule has 0 aromatic heterocycles. The van der Waals surface area contributed by atoms with Gasteiger partial charge in [0.1, 0.15) is 0 Å². The van der Waals surface area contributed by atoms with Crippen molar-refractivity contribution < 1.29 is 9.59 Å². The molecule has 1 aliphatic rings. The normalized spacial score (nSPS) is 13.9. The van der Waals surface area contributed by atoms with E-state index < -0.39 is 0 Å². The number of carbonyl (C=O) groups excluding carboxylic acids is 2. The summed E-state index contributed by atoms with van der Waals surface area (Å²) in [4.78, 5) is 26.3. The van der Waals surface area contributed by atoms with Crippen LogP contribution in [0, 0.1) is 0 Å². The lowest BCUT2D eigenvalue weighted by molar-refractivity contribution is -0.120. The maximum Gasteiger partial charge on any atom is 0.226 e. The third kappa shape index (κ3) is 6.13. The van der Waals surface area contributed by atoms with Crippen LogP contribution in [0.3, 0.4) is 0 Å². The van der Waals surface area contributed by atoms with Crippen LogP contribution >= 0.6 is 0 Å². The van der Waals surface area contributed by atoms with Crippen LogP contribution in [0.25, 0.3) is 0 Å². The first-order chi connectivity index (χ1) is 13.2. The summed E-state index contributed by atoms with van der Waals surface area (Å²) in [7, 11) is 0. The van der Waals surface area contributed by atoms with Gasteiger partial charge >= 0.3 is 0 Å². The Morgan fingerprint density at radius 1 is 0.852 bits per heavy atom. The maximum atomic E-state index is 12.1. The molecule has 5 nitrogen and oxygen atoms in total. The van der Waals surface area contributed by atoms with Crippen LogP contribution in [0.1, 0.15) is 31.2 Å². The highest BCUT2D eigenvalue weighted by Crippen LogP contribution is 2.21. The lowest BCUT2D eigenvalue weighted by Crippen LogP contribution is -2.29. The van der Waals surface area contributed by atoms with Crippen molar-refractivity contribution in [3.8, 4) is 0 Å². The topological polar surface area (TPSA) is 61.4 Å². The van der Waals surface area contributed by atoms with Crippen LogP contribution in [0.4, 0.5) is 11.4 Å². The molecule has 1 heterocycles. The number of rotatable bonds is 7. The Kier molecular flexibility index (Phi) is 6.85. The van der Waals surface area contributed by atoms with Crippen molar-refractivity contribution in [1.29, 1.82) is 0 Å². The second kappa shape index (κ2) is 9.76. The number of piperidine rings is 1. The molecule has 2 amide bonds. The van der Waals surface area contributed by atoms with E-state index in [0.717, 1.165) is 24.3 Å². The molecule has 0 atom stereocenters. The minimum atomic E-state index is -0.0965. The summed E-state index contributed by atoms with van der Waals surface area (Å²) in [5.41, 5.74) is 2.96. The fraction of sp³-hybridized carbons (Fsp3) is 0.364. The van der Waals surface area contributed by atoms with Gasteiger partial charge in [-0.3, -0.25) is 9.59 Å². The highest BCUT2D eigenvalue weighted by molar-refractivity contribution is 5.91. The molecule has 2 N–H and O–H groups in total.